The molecule has 240 valence electrons. The predicted molar refractivity (Wildman–Crippen MR) is 163 cm³/mol. The maximum atomic E-state index is 17.5. The van der Waals surface area contributed by atoms with Crippen molar-refractivity contribution < 1.29 is 38.5 Å². The number of hydroxylamine groups is 2. The van der Waals surface area contributed by atoms with E-state index in [9.17, 15) is 25.0 Å². The zero-order valence-electron chi connectivity index (χ0n) is 25.6. The summed E-state index contributed by atoms with van der Waals surface area (Å²) in [7, 11) is 0. The lowest BCUT2D eigenvalue weighted by atomic mass is 9.45. The zero-order chi connectivity index (χ0) is 32.1. The summed E-state index contributed by atoms with van der Waals surface area (Å²) < 4.78 is 39.1. The molecule has 9 heteroatoms. The van der Waals surface area contributed by atoms with Gasteiger partial charge in [0.1, 0.15) is 25.1 Å². The molecular weight excluding hydrogens is 580 g/mol. The Labute approximate surface area is 262 Å². The van der Waals surface area contributed by atoms with E-state index >= 15 is 8.78 Å². The van der Waals surface area contributed by atoms with Gasteiger partial charge in [0.15, 0.2) is 17.2 Å². The molecule has 0 spiro atoms. The van der Waals surface area contributed by atoms with E-state index in [1.807, 2.05) is 61.5 Å². The van der Waals surface area contributed by atoms with Crippen LogP contribution in [0.3, 0.4) is 0 Å². The molecule has 45 heavy (non-hydrogen) atoms. The van der Waals surface area contributed by atoms with E-state index in [2.05, 4.69) is 0 Å². The van der Waals surface area contributed by atoms with Crippen molar-refractivity contribution in [2.75, 3.05) is 13.2 Å². The summed E-state index contributed by atoms with van der Waals surface area (Å²) >= 11 is 0. The van der Waals surface area contributed by atoms with Crippen LogP contribution in [0.1, 0.15) is 44.2 Å². The van der Waals surface area contributed by atoms with Gasteiger partial charge in [0.05, 0.1) is 6.10 Å². The monoisotopic (exact) mass is 621 g/mol. The number of alkyl halides is 2. The molecule has 0 bridgehead atoms. The van der Waals surface area contributed by atoms with Gasteiger partial charge in [-0.15, -0.1) is 0 Å². The molecule has 9 atom stereocenters. The van der Waals surface area contributed by atoms with Gasteiger partial charge in [-0.1, -0.05) is 55.5 Å². The molecule has 7 nitrogen and oxygen atoms in total. The number of aliphatic hydroxyl groups is 2. The fourth-order valence-corrected chi connectivity index (χ4v) is 9.27. The Morgan fingerprint density at radius 3 is 2.44 bits per heavy atom. The normalized spacial score (nSPS) is 37.1. The lowest BCUT2D eigenvalue weighted by molar-refractivity contribution is -0.202. The van der Waals surface area contributed by atoms with E-state index < -0.39 is 70.6 Å². The fraction of sp³-hybridized carbons (Fsp3) is 0.500. The number of fused-ring (bicyclic) bond motifs is 5. The quantitative estimate of drug-likeness (QED) is 0.332. The first-order chi connectivity index (χ1) is 21.4. The third kappa shape index (κ3) is 5.27. The highest BCUT2D eigenvalue weighted by atomic mass is 19.1. The van der Waals surface area contributed by atoms with E-state index in [-0.39, 0.29) is 31.5 Å². The fourth-order valence-electron chi connectivity index (χ4n) is 9.27. The molecule has 0 saturated heterocycles. The third-order valence-corrected chi connectivity index (χ3v) is 11.3. The van der Waals surface area contributed by atoms with Gasteiger partial charge in [0.25, 0.3) is 0 Å². The van der Waals surface area contributed by atoms with Gasteiger partial charge in [-0.3, -0.25) is 9.59 Å². The van der Waals surface area contributed by atoms with E-state index in [4.69, 9.17) is 4.74 Å². The van der Waals surface area contributed by atoms with Crippen LogP contribution in [0.5, 0.6) is 5.75 Å². The molecule has 2 aromatic rings. The Balaban J connectivity index is 1.20. The first-order valence-electron chi connectivity index (χ1n) is 15.7. The number of aliphatic hydroxyl groups excluding tert-OH is 2. The molecule has 4 aliphatic rings. The highest BCUT2D eigenvalue weighted by Gasteiger charge is 2.73. The summed E-state index contributed by atoms with van der Waals surface area (Å²) in [5, 5.41) is 33.7. The molecule has 0 unspecified atom stereocenters. The van der Waals surface area contributed by atoms with Gasteiger partial charge in [-0.25, -0.2) is 8.78 Å². The number of hydrogen-bond donors (Lipinski definition) is 3. The number of nitrogens with zero attached hydrogens (tertiary/aromatic N) is 1. The van der Waals surface area contributed by atoms with Gasteiger partial charge in [-0.2, -0.15) is 5.06 Å². The Kier molecular flexibility index (Phi) is 8.35. The van der Waals surface area contributed by atoms with Crippen molar-refractivity contribution in [3.05, 3.63) is 89.5 Å². The minimum absolute atomic E-state index is 0.0481. The Hall–Kier alpha value is -3.24. The van der Waals surface area contributed by atoms with Crippen molar-refractivity contribution in [2.24, 2.45) is 34.5 Å². The first-order valence-corrected chi connectivity index (χ1v) is 15.7. The van der Waals surface area contributed by atoms with Crippen molar-refractivity contribution in [3.8, 4) is 5.75 Å². The van der Waals surface area contributed by atoms with Gasteiger partial charge in [0.2, 0.25) is 0 Å². The maximum absolute atomic E-state index is 17.5. The molecule has 0 aromatic heterocycles. The second kappa shape index (κ2) is 11.8. The summed E-state index contributed by atoms with van der Waals surface area (Å²) in [6.45, 7) is 3.32. The van der Waals surface area contributed by atoms with Crippen molar-refractivity contribution in [2.45, 2.75) is 64.2 Å². The molecule has 3 fully saturated rings. The van der Waals surface area contributed by atoms with Crippen LogP contribution >= 0.6 is 0 Å². The minimum Gasteiger partial charge on any atom is -0.489 e. The van der Waals surface area contributed by atoms with E-state index in [0.29, 0.717) is 18.8 Å². The summed E-state index contributed by atoms with van der Waals surface area (Å²) in [6.07, 6.45) is 0.732. The lowest BCUT2D eigenvalue weighted by Gasteiger charge is -2.62. The minimum atomic E-state index is -2.26. The molecule has 4 aliphatic carbocycles. The number of rotatable bonds is 9. The third-order valence-electron chi connectivity index (χ3n) is 11.3. The summed E-state index contributed by atoms with van der Waals surface area (Å²) in [6, 6.07) is 17.1. The summed E-state index contributed by atoms with van der Waals surface area (Å²) in [5.41, 5.74) is -2.79. The van der Waals surface area contributed by atoms with Gasteiger partial charge < -0.3 is 20.2 Å². The van der Waals surface area contributed by atoms with Crippen LogP contribution in [0, 0.1) is 34.5 Å². The number of Topliss-reactive ketones (excluding diaryl/α,β-unsaturated/α-hetero) is 1. The molecule has 0 heterocycles. The number of hydrogen-bond acceptors (Lipinski definition) is 7. The first kappa shape index (κ1) is 31.7. The standard InChI is InChI=1S/C36H41F2NO6/c1-34-17-32(43)36(38)28(16-30(37)29-15-25(41)12-13-35(29,36)2)27(34)14-24(33(34)31(42)20-40)19-39(44)18-22-8-10-26(11-9-22)45-21-23-6-4-3-5-7-23/h3-13,15,24,27-28,30,32-33,40,43-44H,14,16-21H2,1-2H3/t24-,27-,28-,30-,32-,33+,34-,35-,36-/m0/s1. The molecule has 0 radical (unpaired) electrons. The maximum Gasteiger partial charge on any atom is 0.178 e. The Morgan fingerprint density at radius 1 is 1.04 bits per heavy atom. The number of allylic oxidation sites excluding steroid dienone is 4. The Bertz CT molecular complexity index is 1500. The van der Waals surface area contributed by atoms with Crippen LogP contribution in [0.4, 0.5) is 8.78 Å². The molecule has 2 aromatic carbocycles. The van der Waals surface area contributed by atoms with Crippen LogP contribution in [0.2, 0.25) is 0 Å². The van der Waals surface area contributed by atoms with Crippen molar-refractivity contribution in [3.63, 3.8) is 0 Å². The zero-order valence-corrected chi connectivity index (χ0v) is 25.6. The van der Waals surface area contributed by atoms with E-state index in [1.165, 1.54) is 12.2 Å². The molecule has 0 aliphatic heterocycles. The number of benzene rings is 2. The predicted octanol–water partition coefficient (Wildman–Crippen LogP) is 5.18. The highest BCUT2D eigenvalue weighted by Crippen LogP contribution is 2.70. The van der Waals surface area contributed by atoms with Gasteiger partial charge in [-0.05, 0) is 84.4 Å². The lowest BCUT2D eigenvalue weighted by Crippen LogP contribution is -2.68. The molecule has 0 amide bonds. The number of ether oxygens (including phenoxy) is 1. The van der Waals surface area contributed by atoms with Crippen LogP contribution in [-0.4, -0.2) is 63.1 Å². The summed E-state index contributed by atoms with van der Waals surface area (Å²) in [4.78, 5) is 25.4. The second-order valence-corrected chi connectivity index (χ2v) is 13.8. The SMILES string of the molecule is C[C@]12C[C@H](O)[C@@]3(F)[C@@H](C[C@H](F)C4=CC(=O)C=C[C@@]43C)[C@@H]1C[C@@H](CN(O)Cc1ccc(OCc3ccccc3)cc1)[C@@H]2C(=O)CO. The van der Waals surface area contributed by atoms with Crippen molar-refractivity contribution in [1.82, 2.24) is 5.06 Å². The number of carbonyl (C=O) groups is 2. The topological polar surface area (TPSA) is 107 Å². The smallest absolute Gasteiger partial charge is 0.178 e. The highest BCUT2D eigenvalue weighted by molar-refractivity contribution is 6.01. The van der Waals surface area contributed by atoms with Gasteiger partial charge >= 0.3 is 0 Å². The van der Waals surface area contributed by atoms with E-state index in [1.54, 1.807) is 6.92 Å². The van der Waals surface area contributed by atoms with E-state index in [0.717, 1.165) is 22.3 Å². The summed E-state index contributed by atoms with van der Waals surface area (Å²) in [5.74, 6) is -2.80. The van der Waals surface area contributed by atoms with Crippen molar-refractivity contribution >= 4 is 11.6 Å². The van der Waals surface area contributed by atoms with Crippen LogP contribution < -0.4 is 4.74 Å². The van der Waals surface area contributed by atoms with Gasteiger partial charge in [0, 0.05) is 30.3 Å². The second-order valence-electron chi connectivity index (χ2n) is 13.8. The average Bonchev–Trinajstić information content (AvgIpc) is 3.30. The number of carbonyl (C=O) groups excluding carboxylic acids is 2. The number of ketones is 2. The molecule has 3 saturated carbocycles. The van der Waals surface area contributed by atoms with Crippen molar-refractivity contribution in [1.29, 1.82) is 0 Å². The van der Waals surface area contributed by atoms with Crippen LogP contribution in [0.25, 0.3) is 0 Å². The largest absolute Gasteiger partial charge is 0.489 e. The molecule has 3 N–H and O–H groups in total. The Morgan fingerprint density at radius 2 is 1.76 bits per heavy atom. The average molecular weight is 622 g/mol. The van der Waals surface area contributed by atoms with Crippen LogP contribution in [-0.2, 0) is 22.7 Å². The number of halogens is 2. The molecule has 6 rings (SSSR count). The molecular formula is C36H41F2NO6. The van der Waals surface area contributed by atoms with Crippen LogP contribution in [0.15, 0.2) is 78.4 Å².